The molecule has 2 fully saturated rings. The van der Waals surface area contributed by atoms with Gasteiger partial charge in [0.1, 0.15) is 5.82 Å². The van der Waals surface area contributed by atoms with Gasteiger partial charge in [-0.1, -0.05) is 12.8 Å². The summed E-state index contributed by atoms with van der Waals surface area (Å²) < 4.78 is 2.34. The zero-order valence-electron chi connectivity index (χ0n) is 12.3. The Bertz CT molecular complexity index is 455. The van der Waals surface area contributed by atoms with E-state index in [0.29, 0.717) is 12.0 Å². The lowest BCUT2D eigenvalue weighted by Crippen LogP contribution is -2.28. The van der Waals surface area contributed by atoms with Crippen molar-refractivity contribution in [1.82, 2.24) is 15.1 Å². The van der Waals surface area contributed by atoms with Gasteiger partial charge in [0, 0.05) is 18.5 Å². The van der Waals surface area contributed by atoms with Crippen molar-refractivity contribution < 1.29 is 0 Å². The number of rotatable bonds is 2. The van der Waals surface area contributed by atoms with Gasteiger partial charge in [0.15, 0.2) is 0 Å². The normalized spacial score (nSPS) is 28.3. The third kappa shape index (κ3) is 2.24. The maximum Gasteiger partial charge on any atom is 0.124 e. The predicted octanol–water partition coefficient (Wildman–Crippen LogP) is 2.90. The van der Waals surface area contributed by atoms with E-state index in [-0.39, 0.29) is 0 Å². The van der Waals surface area contributed by atoms with Crippen molar-refractivity contribution in [3.05, 3.63) is 11.8 Å². The maximum atomic E-state index is 5.03. The molecule has 1 unspecified atom stereocenters. The molecule has 0 spiro atoms. The fraction of sp³-hybridized carbons (Fsp3) is 0.812. The van der Waals surface area contributed by atoms with Gasteiger partial charge in [-0.05, 0) is 51.1 Å². The number of fused-ring (bicyclic) bond motifs is 1. The predicted molar refractivity (Wildman–Crippen MR) is 81.2 cm³/mol. The molecule has 2 N–H and O–H groups in total. The monoisotopic (exact) mass is 274 g/mol. The lowest BCUT2D eigenvalue weighted by Gasteiger charge is -2.30. The number of anilines is 1. The SMILES string of the molecule is c1c(C2CCNCC2)nn2c1NCCC2C1CCCC1. The Balaban J connectivity index is 1.59. The van der Waals surface area contributed by atoms with E-state index in [0.717, 1.165) is 25.6 Å². The first-order chi connectivity index (χ1) is 9.92. The molecule has 1 aromatic rings. The molecular formula is C16H26N4. The molecule has 4 nitrogen and oxygen atoms in total. The van der Waals surface area contributed by atoms with E-state index in [2.05, 4.69) is 21.4 Å². The summed E-state index contributed by atoms with van der Waals surface area (Å²) in [4.78, 5) is 0. The van der Waals surface area contributed by atoms with Crippen molar-refractivity contribution in [2.24, 2.45) is 5.92 Å². The topological polar surface area (TPSA) is 41.9 Å². The molecular weight excluding hydrogens is 248 g/mol. The molecule has 0 aromatic carbocycles. The van der Waals surface area contributed by atoms with Crippen LogP contribution < -0.4 is 10.6 Å². The molecule has 0 bridgehead atoms. The van der Waals surface area contributed by atoms with Crippen molar-refractivity contribution in [2.45, 2.75) is 56.9 Å². The molecule has 1 aliphatic carbocycles. The first-order valence-corrected chi connectivity index (χ1v) is 8.46. The third-order valence-corrected chi connectivity index (χ3v) is 5.52. The minimum atomic E-state index is 0.657. The molecule has 4 rings (SSSR count). The van der Waals surface area contributed by atoms with Crippen molar-refractivity contribution in [2.75, 3.05) is 25.0 Å². The average molecular weight is 274 g/mol. The largest absolute Gasteiger partial charge is 0.370 e. The maximum absolute atomic E-state index is 5.03. The minimum Gasteiger partial charge on any atom is -0.370 e. The number of aromatic nitrogens is 2. The number of nitrogens with one attached hydrogen (secondary N) is 2. The Morgan fingerprint density at radius 1 is 1.00 bits per heavy atom. The van der Waals surface area contributed by atoms with E-state index < -0.39 is 0 Å². The van der Waals surface area contributed by atoms with Crippen LogP contribution in [0.5, 0.6) is 0 Å². The van der Waals surface area contributed by atoms with Gasteiger partial charge in [0.2, 0.25) is 0 Å². The van der Waals surface area contributed by atoms with E-state index in [4.69, 9.17) is 5.10 Å². The molecule has 2 aliphatic heterocycles. The van der Waals surface area contributed by atoms with Crippen LogP contribution in [0.2, 0.25) is 0 Å². The van der Waals surface area contributed by atoms with Gasteiger partial charge >= 0.3 is 0 Å². The van der Waals surface area contributed by atoms with E-state index in [1.54, 1.807) is 0 Å². The summed E-state index contributed by atoms with van der Waals surface area (Å²) in [7, 11) is 0. The quantitative estimate of drug-likeness (QED) is 0.871. The molecule has 3 heterocycles. The third-order valence-electron chi connectivity index (χ3n) is 5.52. The van der Waals surface area contributed by atoms with Crippen LogP contribution in [0.4, 0.5) is 5.82 Å². The number of nitrogens with zero attached hydrogens (tertiary/aromatic N) is 2. The van der Waals surface area contributed by atoms with Crippen LogP contribution in [0.25, 0.3) is 0 Å². The summed E-state index contributed by atoms with van der Waals surface area (Å²) in [6, 6.07) is 2.99. The lowest BCUT2D eigenvalue weighted by molar-refractivity contribution is 0.287. The smallest absolute Gasteiger partial charge is 0.124 e. The van der Waals surface area contributed by atoms with E-state index >= 15 is 0 Å². The van der Waals surface area contributed by atoms with Gasteiger partial charge in [-0.15, -0.1) is 0 Å². The molecule has 110 valence electrons. The zero-order chi connectivity index (χ0) is 13.4. The molecule has 1 aromatic heterocycles. The Hall–Kier alpha value is -1.03. The first kappa shape index (κ1) is 12.7. The summed E-state index contributed by atoms with van der Waals surface area (Å²) in [5.41, 5.74) is 1.33. The van der Waals surface area contributed by atoms with E-state index in [1.165, 1.54) is 56.5 Å². The molecule has 0 amide bonds. The highest BCUT2D eigenvalue weighted by molar-refractivity contribution is 5.40. The van der Waals surface area contributed by atoms with E-state index in [1.807, 2.05) is 0 Å². The molecule has 1 saturated heterocycles. The highest BCUT2D eigenvalue weighted by Crippen LogP contribution is 2.40. The van der Waals surface area contributed by atoms with Crippen LogP contribution in [0, 0.1) is 5.92 Å². The zero-order valence-corrected chi connectivity index (χ0v) is 12.3. The summed E-state index contributed by atoms with van der Waals surface area (Å²) in [6.07, 6.45) is 9.40. The fourth-order valence-corrected chi connectivity index (χ4v) is 4.36. The summed E-state index contributed by atoms with van der Waals surface area (Å²) in [5.74, 6) is 2.82. The van der Waals surface area contributed by atoms with Crippen LogP contribution >= 0.6 is 0 Å². The summed E-state index contributed by atoms with van der Waals surface area (Å²) in [5, 5.41) is 12.0. The second-order valence-corrected chi connectivity index (χ2v) is 6.75. The van der Waals surface area contributed by atoms with Gasteiger partial charge in [-0.25, -0.2) is 4.68 Å². The van der Waals surface area contributed by atoms with Crippen LogP contribution in [-0.4, -0.2) is 29.4 Å². The Labute approximate surface area is 121 Å². The lowest BCUT2D eigenvalue weighted by atomic mass is 9.94. The number of piperidine rings is 1. The second-order valence-electron chi connectivity index (χ2n) is 6.75. The number of hydrogen-bond donors (Lipinski definition) is 2. The van der Waals surface area contributed by atoms with Gasteiger partial charge in [-0.3, -0.25) is 0 Å². The van der Waals surface area contributed by atoms with Gasteiger partial charge in [0.05, 0.1) is 11.7 Å². The number of hydrogen-bond acceptors (Lipinski definition) is 3. The second kappa shape index (κ2) is 5.40. The average Bonchev–Trinajstić information content (AvgIpc) is 3.17. The highest BCUT2D eigenvalue weighted by Gasteiger charge is 2.31. The summed E-state index contributed by atoms with van der Waals surface area (Å²) >= 11 is 0. The molecule has 4 heteroatoms. The highest BCUT2D eigenvalue weighted by atomic mass is 15.4. The van der Waals surface area contributed by atoms with Crippen LogP contribution in [0.15, 0.2) is 6.07 Å². The van der Waals surface area contributed by atoms with Gasteiger partial charge in [0.25, 0.3) is 0 Å². The molecule has 3 aliphatic rings. The standard InChI is InChI=1S/C16H26N4/c1-2-4-13(3-1)15-7-10-18-16-11-14(19-20(15)16)12-5-8-17-9-6-12/h11-13,15,17-18H,1-10H2. The van der Waals surface area contributed by atoms with Crippen LogP contribution in [-0.2, 0) is 0 Å². The van der Waals surface area contributed by atoms with Crippen LogP contribution in [0.1, 0.15) is 62.6 Å². The Morgan fingerprint density at radius 2 is 1.80 bits per heavy atom. The molecule has 20 heavy (non-hydrogen) atoms. The minimum absolute atomic E-state index is 0.657. The summed E-state index contributed by atoms with van der Waals surface area (Å²) in [6.45, 7) is 3.41. The fourth-order valence-electron chi connectivity index (χ4n) is 4.36. The van der Waals surface area contributed by atoms with Crippen LogP contribution in [0.3, 0.4) is 0 Å². The Morgan fingerprint density at radius 3 is 2.60 bits per heavy atom. The Kier molecular flexibility index (Phi) is 3.42. The first-order valence-electron chi connectivity index (χ1n) is 8.46. The molecule has 1 saturated carbocycles. The van der Waals surface area contributed by atoms with Crippen molar-refractivity contribution in [1.29, 1.82) is 0 Å². The van der Waals surface area contributed by atoms with Crippen molar-refractivity contribution in [3.8, 4) is 0 Å². The molecule has 1 atom stereocenters. The molecule has 0 radical (unpaired) electrons. The van der Waals surface area contributed by atoms with Gasteiger partial charge in [-0.2, -0.15) is 5.10 Å². The van der Waals surface area contributed by atoms with Crippen molar-refractivity contribution in [3.63, 3.8) is 0 Å². The van der Waals surface area contributed by atoms with E-state index in [9.17, 15) is 0 Å². The van der Waals surface area contributed by atoms with Crippen molar-refractivity contribution >= 4 is 5.82 Å². The van der Waals surface area contributed by atoms with Gasteiger partial charge < -0.3 is 10.6 Å².